The van der Waals surface area contributed by atoms with E-state index in [1.807, 2.05) is 13.0 Å². The standard InChI is InChI=1S/C25H24ClN3O5/c1-4-32-25(31)22-15(3)34-24(28)18(12-27)23(22)17-7-5-6-8-20(17)33-13-21(30)29-16-10-9-14(2)19(26)11-16/h5-11,23H,4,13,28H2,1-3H3,(H,29,30). The molecule has 0 aliphatic carbocycles. The number of carbonyl (C=O) groups is 2. The number of halogens is 1. The summed E-state index contributed by atoms with van der Waals surface area (Å²) in [7, 11) is 0. The van der Waals surface area contributed by atoms with E-state index in [0.29, 0.717) is 22.0 Å². The van der Waals surface area contributed by atoms with Gasteiger partial charge in [-0.1, -0.05) is 35.9 Å². The van der Waals surface area contributed by atoms with Crippen molar-refractivity contribution in [2.45, 2.75) is 26.7 Å². The minimum Gasteiger partial charge on any atom is -0.483 e. The van der Waals surface area contributed by atoms with Crippen LogP contribution in [0.2, 0.25) is 5.02 Å². The number of esters is 1. The van der Waals surface area contributed by atoms with Crippen molar-refractivity contribution in [3.05, 3.63) is 81.4 Å². The van der Waals surface area contributed by atoms with Crippen LogP contribution < -0.4 is 15.8 Å². The summed E-state index contributed by atoms with van der Waals surface area (Å²) < 4.78 is 16.4. The quantitative estimate of drug-likeness (QED) is 0.564. The molecule has 1 unspecified atom stereocenters. The molecule has 0 saturated heterocycles. The molecule has 3 N–H and O–H groups in total. The largest absolute Gasteiger partial charge is 0.483 e. The van der Waals surface area contributed by atoms with Crippen molar-refractivity contribution in [2.24, 2.45) is 5.73 Å². The molecule has 1 heterocycles. The fourth-order valence-corrected chi connectivity index (χ4v) is 3.71. The van der Waals surface area contributed by atoms with Crippen molar-refractivity contribution in [1.29, 1.82) is 5.26 Å². The maximum absolute atomic E-state index is 12.7. The first-order valence-electron chi connectivity index (χ1n) is 10.5. The second kappa shape index (κ2) is 10.8. The van der Waals surface area contributed by atoms with Gasteiger partial charge in [0.05, 0.1) is 18.1 Å². The molecular weight excluding hydrogens is 458 g/mol. The van der Waals surface area contributed by atoms with E-state index in [1.165, 1.54) is 0 Å². The predicted octanol–water partition coefficient (Wildman–Crippen LogP) is 4.31. The lowest BCUT2D eigenvalue weighted by atomic mass is 9.82. The smallest absolute Gasteiger partial charge is 0.338 e. The van der Waals surface area contributed by atoms with E-state index in [1.54, 1.807) is 56.3 Å². The molecule has 0 aromatic heterocycles. The number of nitrogens with one attached hydrogen (secondary N) is 1. The average molecular weight is 482 g/mol. The molecule has 1 amide bonds. The van der Waals surface area contributed by atoms with Gasteiger partial charge in [0.2, 0.25) is 5.88 Å². The number of hydrogen-bond donors (Lipinski definition) is 2. The Hall–Kier alpha value is -3.96. The molecule has 176 valence electrons. The van der Waals surface area contributed by atoms with Crippen LogP contribution in [-0.2, 0) is 19.1 Å². The molecule has 0 spiro atoms. The third-order valence-corrected chi connectivity index (χ3v) is 5.55. The first-order valence-corrected chi connectivity index (χ1v) is 10.9. The fraction of sp³-hybridized carbons (Fsp3) is 0.240. The Morgan fingerprint density at radius 2 is 1.97 bits per heavy atom. The van der Waals surface area contributed by atoms with Crippen LogP contribution in [0.3, 0.4) is 0 Å². The zero-order valence-corrected chi connectivity index (χ0v) is 19.7. The van der Waals surface area contributed by atoms with Gasteiger partial charge in [-0.05, 0) is 44.5 Å². The summed E-state index contributed by atoms with van der Waals surface area (Å²) >= 11 is 6.11. The van der Waals surface area contributed by atoms with Crippen molar-refractivity contribution in [3.8, 4) is 11.8 Å². The number of anilines is 1. The number of nitrogens with zero attached hydrogens (tertiary/aromatic N) is 1. The third kappa shape index (κ3) is 5.33. The normalized spacial score (nSPS) is 15.3. The number of allylic oxidation sites excluding steroid dienone is 2. The number of amides is 1. The highest BCUT2D eigenvalue weighted by molar-refractivity contribution is 6.31. The van der Waals surface area contributed by atoms with E-state index in [4.69, 9.17) is 31.5 Å². The van der Waals surface area contributed by atoms with Gasteiger partial charge in [-0.15, -0.1) is 0 Å². The molecule has 1 aliphatic rings. The number of rotatable bonds is 7. The highest BCUT2D eigenvalue weighted by Crippen LogP contribution is 2.42. The molecule has 2 aromatic rings. The van der Waals surface area contributed by atoms with Crippen LogP contribution in [0.1, 0.15) is 30.9 Å². The number of benzene rings is 2. The molecule has 1 atom stereocenters. The molecule has 34 heavy (non-hydrogen) atoms. The van der Waals surface area contributed by atoms with E-state index in [-0.39, 0.29) is 36.0 Å². The monoisotopic (exact) mass is 481 g/mol. The van der Waals surface area contributed by atoms with Gasteiger partial charge in [0.1, 0.15) is 23.2 Å². The van der Waals surface area contributed by atoms with Crippen molar-refractivity contribution in [2.75, 3.05) is 18.5 Å². The maximum Gasteiger partial charge on any atom is 0.338 e. The van der Waals surface area contributed by atoms with Gasteiger partial charge in [-0.2, -0.15) is 5.26 Å². The van der Waals surface area contributed by atoms with Gasteiger partial charge in [0.15, 0.2) is 6.61 Å². The topological polar surface area (TPSA) is 124 Å². The van der Waals surface area contributed by atoms with E-state index >= 15 is 0 Å². The molecule has 0 fully saturated rings. The zero-order chi connectivity index (χ0) is 24.8. The van der Waals surface area contributed by atoms with Crippen LogP contribution in [0.15, 0.2) is 65.3 Å². The molecule has 0 radical (unpaired) electrons. The summed E-state index contributed by atoms with van der Waals surface area (Å²) in [6, 6.07) is 14.0. The second-order valence-corrected chi connectivity index (χ2v) is 7.86. The Kier molecular flexibility index (Phi) is 7.82. The Bertz CT molecular complexity index is 1230. The SMILES string of the molecule is CCOC(=O)C1=C(C)OC(N)=C(C#N)C1c1ccccc1OCC(=O)Nc1ccc(C)c(Cl)c1. The van der Waals surface area contributed by atoms with Gasteiger partial charge in [-0.3, -0.25) is 4.79 Å². The number of ether oxygens (including phenoxy) is 3. The molecule has 0 bridgehead atoms. The van der Waals surface area contributed by atoms with Crippen molar-refractivity contribution < 1.29 is 23.8 Å². The Labute approximate surface area is 202 Å². The van der Waals surface area contributed by atoms with Crippen LogP contribution in [0.25, 0.3) is 0 Å². The average Bonchev–Trinajstić information content (AvgIpc) is 2.80. The lowest BCUT2D eigenvalue weighted by Crippen LogP contribution is -2.26. The van der Waals surface area contributed by atoms with E-state index < -0.39 is 17.8 Å². The van der Waals surface area contributed by atoms with Crippen LogP contribution in [0.5, 0.6) is 5.75 Å². The van der Waals surface area contributed by atoms with E-state index in [0.717, 1.165) is 5.56 Å². The fourth-order valence-electron chi connectivity index (χ4n) is 3.53. The van der Waals surface area contributed by atoms with Crippen molar-refractivity contribution >= 4 is 29.2 Å². The lowest BCUT2D eigenvalue weighted by molar-refractivity contribution is -0.139. The van der Waals surface area contributed by atoms with Gasteiger partial charge in [-0.25, -0.2) is 4.79 Å². The molecule has 1 aliphatic heterocycles. The number of aryl methyl sites for hydroxylation is 1. The molecule has 8 nitrogen and oxygen atoms in total. The van der Waals surface area contributed by atoms with Crippen LogP contribution in [-0.4, -0.2) is 25.1 Å². The summed E-state index contributed by atoms with van der Waals surface area (Å²) in [6.07, 6.45) is 0. The summed E-state index contributed by atoms with van der Waals surface area (Å²) in [4.78, 5) is 25.2. The summed E-state index contributed by atoms with van der Waals surface area (Å²) in [5.74, 6) is -1.50. The lowest BCUT2D eigenvalue weighted by Gasteiger charge is -2.28. The first kappa shape index (κ1) is 24.7. The second-order valence-electron chi connectivity index (χ2n) is 7.45. The van der Waals surface area contributed by atoms with Crippen LogP contribution >= 0.6 is 11.6 Å². The maximum atomic E-state index is 12.7. The van der Waals surface area contributed by atoms with Crippen molar-refractivity contribution in [3.63, 3.8) is 0 Å². The molecular formula is C25H24ClN3O5. The number of carbonyl (C=O) groups excluding carboxylic acids is 2. The van der Waals surface area contributed by atoms with E-state index in [9.17, 15) is 14.9 Å². The van der Waals surface area contributed by atoms with Gasteiger partial charge < -0.3 is 25.3 Å². The van der Waals surface area contributed by atoms with Crippen LogP contribution in [0.4, 0.5) is 5.69 Å². The predicted molar refractivity (Wildman–Crippen MR) is 127 cm³/mol. The van der Waals surface area contributed by atoms with Gasteiger partial charge >= 0.3 is 5.97 Å². The molecule has 3 rings (SSSR count). The molecule has 9 heteroatoms. The Morgan fingerprint density at radius 3 is 2.65 bits per heavy atom. The molecule has 0 saturated carbocycles. The number of nitriles is 1. The summed E-state index contributed by atoms with van der Waals surface area (Å²) in [6.45, 7) is 4.94. The number of nitrogens with two attached hydrogens (primary N) is 1. The highest BCUT2D eigenvalue weighted by Gasteiger charge is 2.37. The minimum atomic E-state index is -0.882. The highest BCUT2D eigenvalue weighted by atomic mass is 35.5. The van der Waals surface area contributed by atoms with Gasteiger partial charge in [0, 0.05) is 16.3 Å². The molecule has 2 aromatic carbocycles. The van der Waals surface area contributed by atoms with E-state index in [2.05, 4.69) is 5.32 Å². The zero-order valence-electron chi connectivity index (χ0n) is 19.0. The minimum absolute atomic E-state index is 0.0449. The Morgan fingerprint density at radius 1 is 1.24 bits per heavy atom. The third-order valence-electron chi connectivity index (χ3n) is 5.15. The van der Waals surface area contributed by atoms with Crippen molar-refractivity contribution in [1.82, 2.24) is 0 Å². The summed E-state index contributed by atoms with van der Waals surface area (Å²) in [5.41, 5.74) is 8.04. The number of para-hydroxylation sites is 1. The summed E-state index contributed by atoms with van der Waals surface area (Å²) in [5, 5.41) is 13.0. The van der Waals surface area contributed by atoms with Gasteiger partial charge in [0.25, 0.3) is 5.91 Å². The Balaban J connectivity index is 1.89. The number of hydrogen-bond acceptors (Lipinski definition) is 7. The van der Waals surface area contributed by atoms with Crippen LogP contribution in [0, 0.1) is 18.3 Å². The first-order chi connectivity index (χ1) is 16.3.